The lowest BCUT2D eigenvalue weighted by molar-refractivity contribution is -0.138. The summed E-state index contributed by atoms with van der Waals surface area (Å²) in [7, 11) is 0. The van der Waals surface area contributed by atoms with Gasteiger partial charge in [0.25, 0.3) is 0 Å². The summed E-state index contributed by atoms with van der Waals surface area (Å²) in [6.45, 7) is 4.22. The number of rotatable bonds is 3. The highest BCUT2D eigenvalue weighted by molar-refractivity contribution is 7.07. The molecule has 2 bridgehead atoms. The number of carbonyl (C=O) groups excluding carboxylic acids is 1. The third kappa shape index (κ3) is 2.76. The van der Waals surface area contributed by atoms with Crippen LogP contribution in [0, 0.1) is 11.8 Å². The van der Waals surface area contributed by atoms with Crippen LogP contribution in [-0.2, 0) is 11.3 Å². The number of fused-ring (bicyclic) bond motifs is 4. The summed E-state index contributed by atoms with van der Waals surface area (Å²) in [5, 5.41) is 4.42. The van der Waals surface area contributed by atoms with E-state index in [0.29, 0.717) is 23.8 Å². The van der Waals surface area contributed by atoms with Crippen LogP contribution in [0.25, 0.3) is 0 Å². The lowest BCUT2D eigenvalue weighted by atomic mass is 9.84. The van der Waals surface area contributed by atoms with Crippen LogP contribution in [0.15, 0.2) is 16.8 Å². The molecule has 0 spiro atoms. The zero-order valence-corrected chi connectivity index (χ0v) is 13.4. The maximum absolute atomic E-state index is 12.6. The van der Waals surface area contributed by atoms with Crippen molar-refractivity contribution in [2.24, 2.45) is 11.8 Å². The molecule has 0 N–H and O–H groups in total. The van der Waals surface area contributed by atoms with E-state index in [1.54, 1.807) is 11.3 Å². The SMILES string of the molecule is O=C(C1CCC1)N1C[C@@H]2CC[C@H](C1)N(Cc1ccsc1)C2. The highest BCUT2D eigenvalue weighted by atomic mass is 32.1. The average Bonchev–Trinajstić information content (AvgIpc) is 2.75. The summed E-state index contributed by atoms with van der Waals surface area (Å²) in [5.74, 6) is 1.50. The van der Waals surface area contributed by atoms with Crippen molar-refractivity contribution in [3.63, 3.8) is 0 Å². The van der Waals surface area contributed by atoms with Gasteiger partial charge in [-0.25, -0.2) is 0 Å². The van der Waals surface area contributed by atoms with Gasteiger partial charge in [0.15, 0.2) is 0 Å². The minimum Gasteiger partial charge on any atom is -0.341 e. The van der Waals surface area contributed by atoms with E-state index in [9.17, 15) is 4.79 Å². The Labute approximate surface area is 130 Å². The molecule has 1 amide bonds. The fraction of sp³-hybridized carbons (Fsp3) is 0.706. The van der Waals surface area contributed by atoms with Gasteiger partial charge in [-0.2, -0.15) is 11.3 Å². The molecule has 0 radical (unpaired) electrons. The quantitative estimate of drug-likeness (QED) is 0.857. The summed E-state index contributed by atoms with van der Waals surface area (Å²) in [6.07, 6.45) is 6.08. The van der Waals surface area contributed by atoms with E-state index >= 15 is 0 Å². The van der Waals surface area contributed by atoms with Gasteiger partial charge in [0.2, 0.25) is 5.91 Å². The molecule has 21 heavy (non-hydrogen) atoms. The summed E-state index contributed by atoms with van der Waals surface area (Å²) >= 11 is 1.78. The Balaban J connectivity index is 1.45. The molecule has 114 valence electrons. The Morgan fingerprint density at radius 3 is 2.81 bits per heavy atom. The first-order valence-electron chi connectivity index (χ1n) is 8.33. The molecule has 1 aliphatic carbocycles. The van der Waals surface area contributed by atoms with Crippen LogP contribution >= 0.6 is 11.3 Å². The molecular formula is C17H24N2OS. The molecule has 2 atom stereocenters. The zero-order valence-electron chi connectivity index (χ0n) is 12.5. The molecule has 4 fully saturated rings. The second-order valence-corrected chi connectivity index (χ2v) is 7.81. The second-order valence-electron chi connectivity index (χ2n) is 7.03. The van der Waals surface area contributed by atoms with Crippen molar-refractivity contribution in [1.29, 1.82) is 0 Å². The molecule has 4 aliphatic rings. The highest BCUT2D eigenvalue weighted by Gasteiger charge is 2.38. The van der Waals surface area contributed by atoms with E-state index in [2.05, 4.69) is 26.6 Å². The van der Waals surface area contributed by atoms with E-state index in [-0.39, 0.29) is 0 Å². The van der Waals surface area contributed by atoms with Crippen molar-refractivity contribution in [3.8, 4) is 0 Å². The fourth-order valence-electron chi connectivity index (χ4n) is 4.08. The van der Waals surface area contributed by atoms with Crippen molar-refractivity contribution in [3.05, 3.63) is 22.4 Å². The highest BCUT2D eigenvalue weighted by Crippen LogP contribution is 2.33. The largest absolute Gasteiger partial charge is 0.341 e. The number of piperidine rings is 1. The third-order valence-corrected chi connectivity index (χ3v) is 6.29. The molecule has 3 aliphatic heterocycles. The fourth-order valence-corrected chi connectivity index (χ4v) is 4.74. The molecule has 1 saturated carbocycles. The first-order valence-corrected chi connectivity index (χ1v) is 9.28. The summed E-state index contributed by atoms with van der Waals surface area (Å²) < 4.78 is 0. The Morgan fingerprint density at radius 2 is 2.10 bits per heavy atom. The Bertz CT molecular complexity index is 497. The third-order valence-electron chi connectivity index (χ3n) is 5.56. The topological polar surface area (TPSA) is 23.6 Å². The predicted molar refractivity (Wildman–Crippen MR) is 85.2 cm³/mol. The molecule has 3 saturated heterocycles. The van der Waals surface area contributed by atoms with E-state index in [0.717, 1.165) is 32.5 Å². The Hall–Kier alpha value is -0.870. The predicted octanol–water partition coefficient (Wildman–Crippen LogP) is 2.97. The van der Waals surface area contributed by atoms with E-state index in [4.69, 9.17) is 0 Å². The number of nitrogens with zero attached hydrogens (tertiary/aromatic N) is 2. The molecule has 0 aromatic carbocycles. The van der Waals surface area contributed by atoms with Crippen LogP contribution in [0.2, 0.25) is 0 Å². The molecule has 0 unspecified atom stereocenters. The average molecular weight is 304 g/mol. The van der Waals surface area contributed by atoms with Crippen molar-refractivity contribution in [1.82, 2.24) is 9.80 Å². The van der Waals surface area contributed by atoms with Gasteiger partial charge in [0, 0.05) is 38.1 Å². The van der Waals surface area contributed by atoms with Gasteiger partial charge in [-0.3, -0.25) is 9.69 Å². The van der Waals surface area contributed by atoms with Crippen LogP contribution in [0.4, 0.5) is 0 Å². The standard InChI is InChI=1S/C17H24N2OS/c20-17(15-2-1-3-15)19-9-13-4-5-16(11-19)18(8-13)10-14-6-7-21-12-14/h6-7,12-13,15-16H,1-5,8-11H2/t13-,16-/m1/s1. The van der Waals surface area contributed by atoms with E-state index in [1.807, 2.05) is 0 Å². The number of carbonyl (C=O) groups is 1. The van der Waals surface area contributed by atoms with Gasteiger partial charge in [0.05, 0.1) is 0 Å². The van der Waals surface area contributed by atoms with Crippen LogP contribution in [0.3, 0.4) is 0 Å². The van der Waals surface area contributed by atoms with Crippen LogP contribution in [0.1, 0.15) is 37.7 Å². The molecular weight excluding hydrogens is 280 g/mol. The monoisotopic (exact) mass is 304 g/mol. The van der Waals surface area contributed by atoms with Gasteiger partial charge in [-0.1, -0.05) is 6.42 Å². The van der Waals surface area contributed by atoms with Gasteiger partial charge in [0.1, 0.15) is 0 Å². The molecule has 3 nitrogen and oxygen atoms in total. The molecule has 5 rings (SSSR count). The van der Waals surface area contributed by atoms with Crippen LogP contribution < -0.4 is 0 Å². The second kappa shape index (κ2) is 5.73. The van der Waals surface area contributed by atoms with Crippen molar-refractivity contribution in [2.45, 2.75) is 44.7 Å². The van der Waals surface area contributed by atoms with Gasteiger partial charge in [-0.15, -0.1) is 0 Å². The minimum absolute atomic E-state index is 0.354. The summed E-state index contributed by atoms with van der Waals surface area (Å²) in [6, 6.07) is 2.81. The van der Waals surface area contributed by atoms with Crippen molar-refractivity contribution in [2.75, 3.05) is 19.6 Å². The number of thiophene rings is 1. The maximum Gasteiger partial charge on any atom is 0.225 e. The van der Waals surface area contributed by atoms with Crippen molar-refractivity contribution < 1.29 is 4.79 Å². The molecule has 4 heteroatoms. The summed E-state index contributed by atoms with van der Waals surface area (Å²) in [4.78, 5) is 17.4. The molecule has 1 aromatic rings. The van der Waals surface area contributed by atoms with Gasteiger partial charge < -0.3 is 4.90 Å². The molecule has 4 heterocycles. The minimum atomic E-state index is 0.354. The van der Waals surface area contributed by atoms with Crippen LogP contribution in [-0.4, -0.2) is 41.4 Å². The van der Waals surface area contributed by atoms with Crippen molar-refractivity contribution >= 4 is 17.2 Å². The van der Waals surface area contributed by atoms with Gasteiger partial charge in [-0.05, 0) is 54.0 Å². The number of hydrogen-bond donors (Lipinski definition) is 0. The Kier molecular flexibility index (Phi) is 3.76. The van der Waals surface area contributed by atoms with E-state index < -0.39 is 0 Å². The van der Waals surface area contributed by atoms with Crippen LogP contribution in [0.5, 0.6) is 0 Å². The van der Waals surface area contributed by atoms with E-state index in [1.165, 1.54) is 31.4 Å². The first-order chi connectivity index (χ1) is 10.3. The lowest BCUT2D eigenvalue weighted by Crippen LogP contribution is -2.45. The normalized spacial score (nSPS) is 30.2. The zero-order chi connectivity index (χ0) is 14.2. The maximum atomic E-state index is 12.6. The number of hydrogen-bond acceptors (Lipinski definition) is 3. The lowest BCUT2D eigenvalue weighted by Gasteiger charge is -2.36. The molecule has 1 aromatic heterocycles. The van der Waals surface area contributed by atoms with Gasteiger partial charge >= 0.3 is 0 Å². The first kappa shape index (κ1) is 13.8. The summed E-state index contributed by atoms with van der Waals surface area (Å²) in [5.41, 5.74) is 1.43. The Morgan fingerprint density at radius 1 is 1.19 bits per heavy atom. The number of amides is 1. The smallest absolute Gasteiger partial charge is 0.225 e.